The van der Waals surface area contributed by atoms with Gasteiger partial charge in [-0.1, -0.05) is 58.9 Å². The van der Waals surface area contributed by atoms with Crippen LogP contribution in [0.5, 0.6) is 0 Å². The molecule has 17 nitrogen and oxygen atoms in total. The van der Waals surface area contributed by atoms with Gasteiger partial charge in [-0.05, 0) is 193 Å². The summed E-state index contributed by atoms with van der Waals surface area (Å²) in [5.74, 6) is 2.98. The minimum atomic E-state index is 0.830. The molecule has 5 aliphatic heterocycles. The molecule has 91 heavy (non-hydrogen) atoms. The average Bonchev–Trinajstić information content (AvgIpc) is 2.90. The number of hydrogen-bond donors (Lipinski definition) is 3. The summed E-state index contributed by atoms with van der Waals surface area (Å²) in [4.78, 5) is 33.4. The van der Waals surface area contributed by atoms with Crippen molar-refractivity contribution >= 4 is 157 Å². The Balaban J connectivity index is 0.000000113. The van der Waals surface area contributed by atoms with E-state index in [4.69, 9.17) is 0 Å². The number of rotatable bonds is 2. The van der Waals surface area contributed by atoms with Gasteiger partial charge in [0.25, 0.3) is 0 Å². The van der Waals surface area contributed by atoms with E-state index in [9.17, 15) is 0 Å². The Kier molecular flexibility index (Phi) is 28.0. The topological polar surface area (TPSA) is 156 Å². The van der Waals surface area contributed by atoms with Crippen LogP contribution >= 0.6 is 91.0 Å². The van der Waals surface area contributed by atoms with Gasteiger partial charge in [-0.2, -0.15) is 0 Å². The Labute approximate surface area is 558 Å². The summed E-state index contributed by atoms with van der Waals surface area (Å²) in [6, 6.07) is 30.5. The number of aromatic nitrogens is 12. The molecule has 6 aliphatic rings. The third kappa shape index (κ3) is 19.9. The second-order valence-corrected chi connectivity index (χ2v) is 30.3. The Bertz CT molecular complexity index is 3640. The zero-order valence-electron chi connectivity index (χ0n) is 51.5. The monoisotopic (exact) mass is 1410 g/mol. The Morgan fingerprint density at radius 3 is 1.63 bits per heavy atom. The van der Waals surface area contributed by atoms with Crippen LogP contribution in [-0.2, 0) is 0 Å². The highest BCUT2D eigenvalue weighted by molar-refractivity contribution is 8.01. The summed E-state index contributed by atoms with van der Waals surface area (Å²) >= 11 is 0. The molecule has 0 spiro atoms. The van der Waals surface area contributed by atoms with E-state index < -0.39 is 0 Å². The first-order chi connectivity index (χ1) is 44.5. The molecule has 16 atom stereocenters. The molecule has 0 bridgehead atoms. The molecular formula is C64H89N17P10. The van der Waals surface area contributed by atoms with Crippen molar-refractivity contribution in [1.29, 1.82) is 0 Å². The van der Waals surface area contributed by atoms with E-state index in [1.165, 1.54) is 125 Å². The zero-order valence-corrected chi connectivity index (χ0v) is 62.7. The number of aromatic amines is 3. The van der Waals surface area contributed by atoms with Crippen molar-refractivity contribution in [2.75, 3.05) is 45.8 Å². The van der Waals surface area contributed by atoms with Gasteiger partial charge in [-0.25, -0.2) is 0 Å². The standard InChI is InChI=1S/C8H16NP.2C7H17N2P3.3C7H7N2P.3C7H6N2/c10-9-6-5-7-3-1-2-4-8(7)9;10-9-4-1-6-5-8(12-11)3-2-7(6)9;10-9-4-2-6-1-3-8(12-11)5-7(6)9;10-9-4-2-6-5-8-3-1-7(6)9;10-9-4-2-6-1-3-8-5-7(6)9;10-9-5-3-6-7(9)2-1-4-8-6;1-4-9-7-2-3-8-5-6(1)7;1-3-8-5-7-6(1)2-4-9-7;1-2-6-7(8-4-1)3-5-9-6/h7-8H,1-6,10H2;2*6-7,12H,1-5,10-11H2;3*1-5H,10H2;3*1-5,9H. The van der Waals surface area contributed by atoms with Crippen LogP contribution in [0.3, 0.4) is 0 Å². The number of fused-ring (bicyclic) bond motifs is 9. The molecule has 1 saturated carbocycles. The van der Waals surface area contributed by atoms with Crippen LogP contribution in [0.4, 0.5) is 0 Å². The summed E-state index contributed by atoms with van der Waals surface area (Å²) in [5.41, 5.74) is 8.88. The molecule has 3 N–H and O–H groups in total. The molecule has 12 aromatic heterocycles. The first kappa shape index (κ1) is 70.1. The Hall–Kier alpha value is -3.76. The zero-order chi connectivity index (χ0) is 63.3. The van der Waals surface area contributed by atoms with Crippen molar-refractivity contribution in [2.24, 2.45) is 17.8 Å². The summed E-state index contributed by atoms with van der Waals surface area (Å²) in [7, 11) is 24.0. The van der Waals surface area contributed by atoms with Gasteiger partial charge in [-0.3, -0.25) is 53.3 Å². The molecule has 1 aliphatic carbocycles. The number of nitrogens with one attached hydrogen (secondary N) is 3. The van der Waals surface area contributed by atoms with E-state index in [1.54, 1.807) is 37.2 Å². The van der Waals surface area contributed by atoms with Gasteiger partial charge in [0.05, 0.1) is 51.0 Å². The Morgan fingerprint density at radius 2 is 0.912 bits per heavy atom. The molecule has 6 fully saturated rings. The minimum Gasteiger partial charge on any atom is -0.361 e. The predicted molar refractivity (Wildman–Crippen MR) is 415 cm³/mol. The summed E-state index contributed by atoms with van der Waals surface area (Å²) in [5, 5.41) is 4.78. The lowest BCUT2D eigenvalue weighted by Crippen LogP contribution is -2.41. The van der Waals surface area contributed by atoms with E-state index in [-0.39, 0.29) is 0 Å². The largest absolute Gasteiger partial charge is 0.361 e. The molecule has 5 saturated heterocycles. The molecule has 16 unspecified atom stereocenters. The highest BCUT2D eigenvalue weighted by Gasteiger charge is 2.37. The maximum absolute atomic E-state index is 4.17. The van der Waals surface area contributed by atoms with E-state index >= 15 is 0 Å². The van der Waals surface area contributed by atoms with Crippen molar-refractivity contribution in [1.82, 2.24) is 81.2 Å². The smallest absolute Gasteiger partial charge is 0.0883 e. The first-order valence-electron chi connectivity index (χ1n) is 31.1. The number of pyridine rings is 6. The van der Waals surface area contributed by atoms with Crippen molar-refractivity contribution in [3.8, 4) is 0 Å². The minimum absolute atomic E-state index is 0.830. The van der Waals surface area contributed by atoms with Crippen molar-refractivity contribution in [3.63, 3.8) is 0 Å². The number of nitrogens with zero attached hydrogens (tertiary/aromatic N) is 14. The lowest BCUT2D eigenvalue weighted by molar-refractivity contribution is 0.224. The number of hydrogen-bond acceptors (Lipinski definition) is 11. The SMILES string of the molecule is PN1CCC2CCCCC21.PPN1CCC2C(CCN2P)C1.PPN1CCC2CCN(P)C2C1.Pn1ccc2ccncc21.Pn1ccc2cnccc21.Pn1ccc2ncccc21.c1cc2[nH]ccc2cn1.c1cc2cc[nH]c2cn1.c1cnc2cc[nH]c2c1. The molecular weight excluding hydrogens is 1320 g/mol. The predicted octanol–water partition coefficient (Wildman–Crippen LogP) is 14.9. The van der Waals surface area contributed by atoms with Crippen molar-refractivity contribution in [3.05, 3.63) is 184 Å². The molecule has 27 heteroatoms. The van der Waals surface area contributed by atoms with Gasteiger partial charge in [0.1, 0.15) is 0 Å². The van der Waals surface area contributed by atoms with E-state index in [0.29, 0.717) is 0 Å². The molecule has 17 heterocycles. The van der Waals surface area contributed by atoms with E-state index in [1.807, 2.05) is 154 Å². The second kappa shape index (κ2) is 36.4. The molecule has 0 amide bonds. The third-order valence-corrected chi connectivity index (χ3v) is 24.8. The molecule has 480 valence electrons. The van der Waals surface area contributed by atoms with Gasteiger partial charge < -0.3 is 28.0 Å². The van der Waals surface area contributed by atoms with E-state index in [2.05, 4.69) is 148 Å². The lowest BCUT2D eigenvalue weighted by atomic mass is 9.86. The summed E-state index contributed by atoms with van der Waals surface area (Å²) in [6.45, 7) is 9.13. The maximum atomic E-state index is 4.17. The fourth-order valence-electron chi connectivity index (χ4n) is 12.7. The number of H-pyrrole nitrogens is 3. The highest BCUT2D eigenvalue weighted by Crippen LogP contribution is 2.41. The van der Waals surface area contributed by atoms with Crippen LogP contribution in [0.2, 0.25) is 0 Å². The maximum Gasteiger partial charge on any atom is 0.0883 e. The van der Waals surface area contributed by atoms with Crippen LogP contribution in [0.15, 0.2) is 184 Å². The van der Waals surface area contributed by atoms with Crippen LogP contribution in [0, 0.1) is 17.8 Å². The Morgan fingerprint density at radius 1 is 0.374 bits per heavy atom. The molecule has 18 rings (SSSR count). The van der Waals surface area contributed by atoms with Gasteiger partial charge in [-0.15, -0.1) is 0 Å². The van der Waals surface area contributed by atoms with Crippen molar-refractivity contribution in [2.45, 2.75) is 75.9 Å². The number of piperidine rings is 2. The molecule has 0 aromatic carbocycles. The normalized spacial score (nSPS) is 21.5. The van der Waals surface area contributed by atoms with Crippen LogP contribution in [0.25, 0.3) is 65.7 Å². The first-order valence-corrected chi connectivity index (χ1v) is 39.7. The van der Waals surface area contributed by atoms with Crippen LogP contribution in [-0.4, -0.2) is 145 Å². The van der Waals surface area contributed by atoms with Gasteiger partial charge >= 0.3 is 0 Å². The van der Waals surface area contributed by atoms with Gasteiger partial charge in [0, 0.05) is 178 Å². The molecule has 0 radical (unpaired) electrons. The average molecular weight is 1410 g/mol. The quantitative estimate of drug-likeness (QED) is 0.142. The molecule has 12 aromatic rings. The van der Waals surface area contributed by atoms with Gasteiger partial charge in [0.2, 0.25) is 0 Å². The fraction of sp³-hybridized carbons (Fsp3) is 0.344. The van der Waals surface area contributed by atoms with Gasteiger partial charge in [0.15, 0.2) is 0 Å². The van der Waals surface area contributed by atoms with Crippen LogP contribution < -0.4 is 0 Å². The summed E-state index contributed by atoms with van der Waals surface area (Å²) in [6.07, 6.45) is 42.7. The van der Waals surface area contributed by atoms with E-state index in [0.717, 1.165) is 96.7 Å². The second-order valence-electron chi connectivity index (χ2n) is 23.3. The third-order valence-electron chi connectivity index (χ3n) is 17.8. The van der Waals surface area contributed by atoms with Crippen LogP contribution in [0.1, 0.15) is 57.8 Å². The highest BCUT2D eigenvalue weighted by atomic mass is 32.0. The fourth-order valence-corrected chi connectivity index (χ4v) is 17.8. The van der Waals surface area contributed by atoms with Crippen molar-refractivity contribution < 1.29 is 0 Å². The summed E-state index contributed by atoms with van der Waals surface area (Å²) < 4.78 is 18.5. The lowest BCUT2D eigenvalue weighted by Gasteiger charge is -2.36.